The number of hydrogen-bond acceptors (Lipinski definition) is 3. The fourth-order valence-corrected chi connectivity index (χ4v) is 2.55. The molecule has 1 unspecified atom stereocenters. The molecule has 1 aromatic carbocycles. The summed E-state index contributed by atoms with van der Waals surface area (Å²) in [5, 5.41) is 11.4. The van der Waals surface area contributed by atoms with Gasteiger partial charge in [0.25, 0.3) is 5.91 Å². The van der Waals surface area contributed by atoms with Gasteiger partial charge in [0.05, 0.1) is 16.7 Å². The van der Waals surface area contributed by atoms with E-state index in [1.165, 1.54) is 0 Å². The number of rotatable bonds is 5. The first kappa shape index (κ1) is 15.5. The van der Waals surface area contributed by atoms with Crippen molar-refractivity contribution < 1.29 is 4.79 Å². The lowest BCUT2D eigenvalue weighted by Gasteiger charge is -2.13. The van der Waals surface area contributed by atoms with Crippen LogP contribution in [0.4, 0.5) is 0 Å². The third-order valence-electron chi connectivity index (χ3n) is 3.41. The summed E-state index contributed by atoms with van der Waals surface area (Å²) in [6.45, 7) is 2.40. The van der Waals surface area contributed by atoms with Crippen molar-refractivity contribution in [3.63, 3.8) is 0 Å². The molecule has 23 heavy (non-hydrogen) atoms. The molecule has 0 bridgehead atoms. The second-order valence-electron chi connectivity index (χ2n) is 5.19. The molecule has 0 saturated heterocycles. The second-order valence-corrected chi connectivity index (χ2v) is 6.10. The topological polar surface area (TPSA) is 64.7 Å². The fourth-order valence-electron chi connectivity index (χ4n) is 2.22. The molecule has 7 heteroatoms. The zero-order valence-electron chi connectivity index (χ0n) is 12.6. The summed E-state index contributed by atoms with van der Waals surface area (Å²) in [7, 11) is 0. The summed E-state index contributed by atoms with van der Waals surface area (Å²) in [5.41, 5.74) is 1.45. The van der Waals surface area contributed by atoms with Crippen molar-refractivity contribution in [3.8, 4) is 0 Å². The zero-order valence-corrected chi connectivity index (χ0v) is 14.1. The highest BCUT2D eigenvalue weighted by molar-refractivity contribution is 9.10. The van der Waals surface area contributed by atoms with Gasteiger partial charge in [-0.2, -0.15) is 10.2 Å². The van der Waals surface area contributed by atoms with Crippen LogP contribution in [0.3, 0.4) is 0 Å². The van der Waals surface area contributed by atoms with Crippen LogP contribution < -0.4 is 5.32 Å². The predicted molar refractivity (Wildman–Crippen MR) is 89.9 cm³/mol. The minimum absolute atomic E-state index is 0.0732. The third-order valence-corrected chi connectivity index (χ3v) is 3.82. The molecule has 1 N–H and O–H groups in total. The largest absolute Gasteiger partial charge is 0.344 e. The van der Waals surface area contributed by atoms with Gasteiger partial charge in [0.2, 0.25) is 0 Å². The summed E-state index contributed by atoms with van der Waals surface area (Å²) in [4.78, 5) is 12.3. The number of benzene rings is 1. The van der Waals surface area contributed by atoms with Crippen LogP contribution in [0.15, 0.2) is 59.5 Å². The predicted octanol–water partition coefficient (Wildman–Crippen LogP) is 2.84. The minimum atomic E-state index is -0.193. The minimum Gasteiger partial charge on any atom is -0.344 e. The zero-order chi connectivity index (χ0) is 16.2. The number of aromatic nitrogens is 4. The van der Waals surface area contributed by atoms with Crippen molar-refractivity contribution >= 4 is 21.8 Å². The quantitative estimate of drug-likeness (QED) is 0.747. The summed E-state index contributed by atoms with van der Waals surface area (Å²) in [6, 6.07) is 11.5. The molecule has 118 valence electrons. The molecule has 0 spiro atoms. The van der Waals surface area contributed by atoms with Crippen molar-refractivity contribution in [1.29, 1.82) is 0 Å². The number of nitrogens with zero attached hydrogens (tertiary/aromatic N) is 4. The first-order valence-corrected chi connectivity index (χ1v) is 7.98. The molecule has 0 aliphatic rings. The van der Waals surface area contributed by atoms with E-state index in [0.29, 0.717) is 12.4 Å². The highest BCUT2D eigenvalue weighted by atomic mass is 79.9. The Morgan fingerprint density at radius 3 is 2.74 bits per heavy atom. The lowest BCUT2D eigenvalue weighted by atomic mass is 10.1. The molecule has 1 amide bonds. The Hall–Kier alpha value is -2.41. The summed E-state index contributed by atoms with van der Waals surface area (Å²) in [5.74, 6) is -0.193. The van der Waals surface area contributed by atoms with Crippen LogP contribution in [-0.2, 0) is 6.67 Å². The van der Waals surface area contributed by atoms with Gasteiger partial charge < -0.3 is 5.32 Å². The Labute approximate surface area is 142 Å². The summed E-state index contributed by atoms with van der Waals surface area (Å²) >= 11 is 3.35. The van der Waals surface area contributed by atoms with Crippen LogP contribution in [-0.4, -0.2) is 25.5 Å². The van der Waals surface area contributed by atoms with Crippen molar-refractivity contribution in [3.05, 3.63) is 70.7 Å². The number of carbonyl (C=O) groups excluding carboxylic acids is 1. The van der Waals surface area contributed by atoms with Gasteiger partial charge in [-0.25, -0.2) is 4.68 Å². The highest BCUT2D eigenvalue weighted by Crippen LogP contribution is 2.12. The van der Waals surface area contributed by atoms with Gasteiger partial charge in [-0.05, 0) is 34.5 Å². The maximum atomic E-state index is 12.3. The fraction of sp³-hybridized carbons (Fsp3) is 0.188. The van der Waals surface area contributed by atoms with Crippen molar-refractivity contribution in [2.24, 2.45) is 0 Å². The molecule has 0 fully saturated rings. The van der Waals surface area contributed by atoms with E-state index >= 15 is 0 Å². The number of amides is 1. The van der Waals surface area contributed by atoms with E-state index in [1.807, 2.05) is 43.5 Å². The van der Waals surface area contributed by atoms with E-state index in [2.05, 4.69) is 31.4 Å². The van der Waals surface area contributed by atoms with Crippen LogP contribution in [0.2, 0.25) is 0 Å². The Kier molecular flexibility index (Phi) is 4.57. The molecular weight excluding hydrogens is 358 g/mol. The van der Waals surface area contributed by atoms with Gasteiger partial charge in [-0.15, -0.1) is 0 Å². The Morgan fingerprint density at radius 1 is 1.26 bits per heavy atom. The SMILES string of the molecule is CC(NC(=O)c1ccn(Cn2cc(Br)cn2)n1)c1ccccc1. The molecule has 0 aliphatic heterocycles. The lowest BCUT2D eigenvalue weighted by molar-refractivity contribution is 0.0934. The Balaban J connectivity index is 1.64. The number of halogens is 1. The second kappa shape index (κ2) is 6.78. The van der Waals surface area contributed by atoms with Gasteiger partial charge >= 0.3 is 0 Å². The normalized spacial score (nSPS) is 12.1. The van der Waals surface area contributed by atoms with E-state index in [9.17, 15) is 4.79 Å². The molecule has 0 aliphatic carbocycles. The standard InChI is InChI=1S/C16H16BrN5O/c1-12(13-5-3-2-4-6-13)19-16(23)15-7-8-21(20-15)11-22-10-14(17)9-18-22/h2-10,12H,11H2,1H3,(H,19,23). The first-order valence-electron chi connectivity index (χ1n) is 7.19. The molecule has 6 nitrogen and oxygen atoms in total. The average Bonchev–Trinajstić information content (AvgIpc) is 3.18. The number of carbonyl (C=O) groups is 1. The van der Waals surface area contributed by atoms with E-state index in [0.717, 1.165) is 10.0 Å². The molecule has 3 aromatic rings. The van der Waals surface area contributed by atoms with Crippen LogP contribution in [0.5, 0.6) is 0 Å². The summed E-state index contributed by atoms with van der Waals surface area (Å²) in [6.07, 6.45) is 5.31. The number of nitrogens with one attached hydrogen (secondary N) is 1. The van der Waals surface area contributed by atoms with Gasteiger partial charge in [0, 0.05) is 12.4 Å². The maximum absolute atomic E-state index is 12.3. The molecule has 0 radical (unpaired) electrons. The third kappa shape index (κ3) is 3.87. The van der Waals surface area contributed by atoms with Gasteiger partial charge in [0.15, 0.2) is 0 Å². The van der Waals surface area contributed by atoms with Gasteiger partial charge in [0.1, 0.15) is 12.4 Å². The van der Waals surface area contributed by atoms with Crippen molar-refractivity contribution in [2.75, 3.05) is 0 Å². The lowest BCUT2D eigenvalue weighted by Crippen LogP contribution is -2.27. The monoisotopic (exact) mass is 373 g/mol. The van der Waals surface area contributed by atoms with E-state index in [4.69, 9.17) is 0 Å². The van der Waals surface area contributed by atoms with Gasteiger partial charge in [-0.1, -0.05) is 30.3 Å². The molecule has 0 saturated carbocycles. The van der Waals surface area contributed by atoms with Crippen molar-refractivity contribution in [2.45, 2.75) is 19.6 Å². The van der Waals surface area contributed by atoms with Crippen LogP contribution >= 0.6 is 15.9 Å². The molecular formula is C16H16BrN5O. The first-order chi connectivity index (χ1) is 11.1. The van der Waals surface area contributed by atoms with E-state index in [1.54, 1.807) is 27.8 Å². The molecule has 3 rings (SSSR count). The van der Waals surface area contributed by atoms with Crippen LogP contribution in [0.1, 0.15) is 29.0 Å². The molecule has 1 atom stereocenters. The van der Waals surface area contributed by atoms with Gasteiger partial charge in [-0.3, -0.25) is 9.48 Å². The summed E-state index contributed by atoms with van der Waals surface area (Å²) < 4.78 is 4.30. The van der Waals surface area contributed by atoms with Crippen LogP contribution in [0.25, 0.3) is 0 Å². The van der Waals surface area contributed by atoms with Crippen LogP contribution in [0, 0.1) is 0 Å². The van der Waals surface area contributed by atoms with Crippen molar-refractivity contribution in [1.82, 2.24) is 24.9 Å². The average molecular weight is 374 g/mol. The Bertz CT molecular complexity index is 796. The number of hydrogen-bond donors (Lipinski definition) is 1. The highest BCUT2D eigenvalue weighted by Gasteiger charge is 2.13. The smallest absolute Gasteiger partial charge is 0.272 e. The van der Waals surface area contributed by atoms with E-state index in [-0.39, 0.29) is 11.9 Å². The molecule has 2 aromatic heterocycles. The molecule has 2 heterocycles. The maximum Gasteiger partial charge on any atom is 0.272 e. The van der Waals surface area contributed by atoms with E-state index < -0.39 is 0 Å². The Morgan fingerprint density at radius 2 is 2.04 bits per heavy atom.